The lowest BCUT2D eigenvalue weighted by Gasteiger charge is -2.18. The first-order chi connectivity index (χ1) is 9.06. The average Bonchev–Trinajstić information content (AvgIpc) is 2.32. The third-order valence-electron chi connectivity index (χ3n) is 2.60. The van der Waals surface area contributed by atoms with Crippen molar-refractivity contribution in [3.05, 3.63) is 23.8 Å². The fourth-order valence-electron chi connectivity index (χ4n) is 1.90. The zero-order chi connectivity index (χ0) is 14.3. The fourth-order valence-corrected chi connectivity index (χ4v) is 1.90. The normalized spacial score (nSPS) is 13.9. The van der Waals surface area contributed by atoms with Crippen molar-refractivity contribution in [2.24, 2.45) is 5.73 Å². The van der Waals surface area contributed by atoms with E-state index in [-0.39, 0.29) is 12.1 Å². The Hall–Kier alpha value is -1.26. The van der Waals surface area contributed by atoms with E-state index in [0.717, 1.165) is 23.5 Å². The van der Waals surface area contributed by atoms with Crippen LogP contribution in [0.15, 0.2) is 18.2 Å². The van der Waals surface area contributed by atoms with Crippen LogP contribution in [0.4, 0.5) is 0 Å². The Bertz CT molecular complexity index is 380. The van der Waals surface area contributed by atoms with E-state index in [4.69, 9.17) is 19.9 Å². The van der Waals surface area contributed by atoms with Crippen LogP contribution in [-0.4, -0.2) is 32.5 Å². The highest BCUT2D eigenvalue weighted by atomic mass is 16.5. The summed E-state index contributed by atoms with van der Waals surface area (Å²) in [6.07, 6.45) is 0.817. The maximum Gasteiger partial charge on any atom is 0.161 e. The zero-order valence-electron chi connectivity index (χ0n) is 12.3. The van der Waals surface area contributed by atoms with Gasteiger partial charge in [0.2, 0.25) is 0 Å². The van der Waals surface area contributed by atoms with Crippen LogP contribution in [0.5, 0.6) is 11.5 Å². The molecule has 0 aliphatic rings. The largest absolute Gasteiger partial charge is 0.490 e. The van der Waals surface area contributed by atoms with Crippen molar-refractivity contribution in [2.75, 3.05) is 20.3 Å². The van der Waals surface area contributed by atoms with E-state index in [1.54, 1.807) is 7.11 Å². The number of ether oxygens (including phenoxy) is 3. The second-order valence-corrected chi connectivity index (χ2v) is 4.78. The number of rotatable bonds is 8. The van der Waals surface area contributed by atoms with Gasteiger partial charge in [-0.1, -0.05) is 6.07 Å². The highest BCUT2D eigenvalue weighted by molar-refractivity contribution is 5.43. The molecule has 2 unspecified atom stereocenters. The smallest absolute Gasteiger partial charge is 0.161 e. The molecule has 1 aromatic rings. The van der Waals surface area contributed by atoms with E-state index in [1.165, 1.54) is 0 Å². The molecule has 0 heterocycles. The van der Waals surface area contributed by atoms with E-state index < -0.39 is 0 Å². The minimum atomic E-state index is -0.0107. The predicted octanol–water partition coefficient (Wildman–Crippen LogP) is 2.39. The molecule has 0 radical (unpaired) electrons. The molecular weight excluding hydrogens is 242 g/mol. The van der Waals surface area contributed by atoms with Crippen molar-refractivity contribution in [3.8, 4) is 11.5 Å². The topological polar surface area (TPSA) is 53.7 Å². The Morgan fingerprint density at radius 1 is 1.21 bits per heavy atom. The van der Waals surface area contributed by atoms with Crippen LogP contribution < -0.4 is 15.2 Å². The Labute approximate surface area is 115 Å². The molecule has 2 N–H and O–H groups in total. The molecule has 0 bridgehead atoms. The molecule has 2 atom stereocenters. The fraction of sp³-hybridized carbons (Fsp3) is 0.600. The van der Waals surface area contributed by atoms with Crippen LogP contribution in [0.2, 0.25) is 0 Å². The second-order valence-electron chi connectivity index (χ2n) is 4.78. The summed E-state index contributed by atoms with van der Waals surface area (Å²) in [5.74, 6) is 1.52. The zero-order valence-corrected chi connectivity index (χ0v) is 12.3. The summed E-state index contributed by atoms with van der Waals surface area (Å²) in [6.45, 7) is 7.07. The van der Waals surface area contributed by atoms with Gasteiger partial charge in [0.1, 0.15) is 6.10 Å². The van der Waals surface area contributed by atoms with Gasteiger partial charge in [0, 0.05) is 13.2 Å². The van der Waals surface area contributed by atoms with Crippen molar-refractivity contribution in [1.29, 1.82) is 0 Å². The summed E-state index contributed by atoms with van der Waals surface area (Å²) in [4.78, 5) is 0. The second kappa shape index (κ2) is 8.02. The van der Waals surface area contributed by atoms with Gasteiger partial charge < -0.3 is 19.9 Å². The molecule has 0 aliphatic carbocycles. The average molecular weight is 267 g/mol. The molecule has 4 nitrogen and oxygen atoms in total. The molecule has 0 spiro atoms. The summed E-state index contributed by atoms with van der Waals surface area (Å²) in [7, 11) is 1.66. The predicted molar refractivity (Wildman–Crippen MR) is 76.9 cm³/mol. The summed E-state index contributed by atoms with van der Waals surface area (Å²) in [5, 5.41) is 0. The van der Waals surface area contributed by atoms with Crippen LogP contribution in [-0.2, 0) is 11.2 Å². The molecule has 108 valence electrons. The number of hydrogen-bond acceptors (Lipinski definition) is 4. The molecule has 0 aromatic heterocycles. The molecule has 1 rings (SSSR count). The molecule has 1 aromatic carbocycles. The molecule has 0 fully saturated rings. The quantitative estimate of drug-likeness (QED) is 0.785. The van der Waals surface area contributed by atoms with Gasteiger partial charge in [-0.2, -0.15) is 0 Å². The molecule has 0 aliphatic heterocycles. The number of methoxy groups -OCH3 is 1. The van der Waals surface area contributed by atoms with Gasteiger partial charge >= 0.3 is 0 Å². The van der Waals surface area contributed by atoms with Gasteiger partial charge in [0.05, 0.1) is 13.2 Å². The third-order valence-corrected chi connectivity index (χ3v) is 2.60. The van der Waals surface area contributed by atoms with E-state index in [1.807, 2.05) is 39.0 Å². The molecule has 19 heavy (non-hydrogen) atoms. The summed E-state index contributed by atoms with van der Waals surface area (Å²) in [5.41, 5.74) is 6.98. The maximum absolute atomic E-state index is 5.82. The Morgan fingerprint density at radius 3 is 2.53 bits per heavy atom. The molecular formula is C15H25NO3. The molecule has 0 amide bonds. The van der Waals surface area contributed by atoms with Gasteiger partial charge in [-0.05, 0) is 44.9 Å². The van der Waals surface area contributed by atoms with E-state index in [0.29, 0.717) is 13.2 Å². The van der Waals surface area contributed by atoms with Crippen LogP contribution >= 0.6 is 0 Å². The Morgan fingerprint density at radius 2 is 1.95 bits per heavy atom. The van der Waals surface area contributed by atoms with Gasteiger partial charge in [0.15, 0.2) is 11.5 Å². The van der Waals surface area contributed by atoms with Crippen molar-refractivity contribution < 1.29 is 14.2 Å². The van der Waals surface area contributed by atoms with E-state index >= 15 is 0 Å². The van der Waals surface area contributed by atoms with Crippen molar-refractivity contribution >= 4 is 0 Å². The number of hydrogen-bond donors (Lipinski definition) is 1. The first-order valence-corrected chi connectivity index (χ1v) is 6.73. The molecule has 4 heteroatoms. The van der Waals surface area contributed by atoms with Crippen LogP contribution in [0.3, 0.4) is 0 Å². The third kappa shape index (κ3) is 5.49. The summed E-state index contributed by atoms with van der Waals surface area (Å²) in [6, 6.07) is 6.10. The van der Waals surface area contributed by atoms with Crippen LogP contribution in [0, 0.1) is 0 Å². The van der Waals surface area contributed by atoms with Gasteiger partial charge in [-0.25, -0.2) is 0 Å². The molecule has 0 saturated carbocycles. The lowest BCUT2D eigenvalue weighted by Crippen LogP contribution is -2.19. The van der Waals surface area contributed by atoms with Crippen molar-refractivity contribution in [2.45, 2.75) is 39.3 Å². The highest BCUT2D eigenvalue weighted by Gasteiger charge is 2.11. The maximum atomic E-state index is 5.82. The first-order valence-electron chi connectivity index (χ1n) is 6.73. The van der Waals surface area contributed by atoms with Gasteiger partial charge in [-0.3, -0.25) is 0 Å². The number of benzene rings is 1. The standard InChI is InChI=1S/C15H25NO3/c1-5-18-15-9-13(8-11(2)16)6-7-14(15)19-12(3)10-17-4/h6-7,9,11-12H,5,8,10,16H2,1-4H3. The monoisotopic (exact) mass is 267 g/mol. The van der Waals surface area contributed by atoms with Crippen molar-refractivity contribution in [1.82, 2.24) is 0 Å². The van der Waals surface area contributed by atoms with Gasteiger partial charge in [0.25, 0.3) is 0 Å². The van der Waals surface area contributed by atoms with Crippen LogP contribution in [0.25, 0.3) is 0 Å². The van der Waals surface area contributed by atoms with Crippen molar-refractivity contribution in [3.63, 3.8) is 0 Å². The minimum absolute atomic E-state index is 0.0107. The Balaban J connectivity index is 2.84. The Kier molecular flexibility index (Phi) is 6.67. The summed E-state index contributed by atoms with van der Waals surface area (Å²) >= 11 is 0. The lowest BCUT2D eigenvalue weighted by molar-refractivity contribution is 0.0894. The lowest BCUT2D eigenvalue weighted by atomic mass is 10.1. The SMILES string of the molecule is CCOc1cc(CC(C)N)ccc1OC(C)COC. The van der Waals surface area contributed by atoms with Crippen LogP contribution in [0.1, 0.15) is 26.3 Å². The highest BCUT2D eigenvalue weighted by Crippen LogP contribution is 2.29. The molecule has 0 saturated heterocycles. The number of nitrogens with two attached hydrogens (primary N) is 1. The van der Waals surface area contributed by atoms with E-state index in [9.17, 15) is 0 Å². The van der Waals surface area contributed by atoms with E-state index in [2.05, 4.69) is 0 Å². The minimum Gasteiger partial charge on any atom is -0.490 e. The summed E-state index contributed by atoms with van der Waals surface area (Å²) < 4.78 is 16.5. The van der Waals surface area contributed by atoms with Gasteiger partial charge in [-0.15, -0.1) is 0 Å². The first kappa shape index (κ1) is 15.8.